The highest BCUT2D eigenvalue weighted by Gasteiger charge is 2.35. The molecule has 1 fully saturated rings. The summed E-state index contributed by atoms with van der Waals surface area (Å²) < 4.78 is 5.40. The molecule has 1 saturated heterocycles. The van der Waals surface area contributed by atoms with Crippen LogP contribution in [0, 0.1) is 17.2 Å². The summed E-state index contributed by atoms with van der Waals surface area (Å²) in [7, 11) is 3.19. The largest absolute Gasteiger partial charge is 0.380 e. The van der Waals surface area contributed by atoms with Crippen molar-refractivity contribution in [3.63, 3.8) is 0 Å². The van der Waals surface area contributed by atoms with Crippen molar-refractivity contribution in [2.24, 2.45) is 5.92 Å². The van der Waals surface area contributed by atoms with Gasteiger partial charge in [0.25, 0.3) is 0 Å². The Bertz CT molecular complexity index is 227. The Labute approximate surface area is 88.3 Å². The van der Waals surface area contributed by atoms with Gasteiger partial charge in [0.05, 0.1) is 26.9 Å². The molecule has 0 aromatic carbocycles. The molecule has 3 nitrogen and oxygen atoms in total. The summed E-state index contributed by atoms with van der Waals surface area (Å²) in [5.41, 5.74) is 0.685. The molecule has 0 N–H and O–H groups in total. The highest BCUT2D eigenvalue weighted by molar-refractivity contribution is 6.57. The van der Waals surface area contributed by atoms with Gasteiger partial charge in [-0.15, -0.1) is 0 Å². The second kappa shape index (κ2) is 4.92. The molecule has 14 heavy (non-hydrogen) atoms. The maximum absolute atomic E-state index is 8.99. The minimum absolute atomic E-state index is 0.0500. The Hall–Kier alpha value is -0.373. The second-order valence-electron chi connectivity index (χ2n) is 4.50. The van der Waals surface area contributed by atoms with Gasteiger partial charge in [-0.05, 0) is 13.5 Å². The van der Waals surface area contributed by atoms with Crippen LogP contribution in [0.4, 0.5) is 0 Å². The molecule has 1 aliphatic rings. The van der Waals surface area contributed by atoms with Crippen LogP contribution in [0.5, 0.6) is 0 Å². The fourth-order valence-electron chi connectivity index (χ4n) is 2.31. The minimum atomic E-state index is -0.664. The molecule has 0 spiro atoms. The number of rotatable bonds is 2. The van der Waals surface area contributed by atoms with Crippen LogP contribution in [0.15, 0.2) is 0 Å². The van der Waals surface area contributed by atoms with E-state index in [1.165, 1.54) is 0 Å². The van der Waals surface area contributed by atoms with Crippen LogP contribution in [0.1, 0.15) is 6.42 Å². The van der Waals surface area contributed by atoms with Crippen molar-refractivity contribution in [1.29, 1.82) is 5.26 Å². The van der Waals surface area contributed by atoms with E-state index in [2.05, 4.69) is 31.1 Å². The van der Waals surface area contributed by atoms with Gasteiger partial charge in [-0.3, -0.25) is 0 Å². The third kappa shape index (κ3) is 2.35. The number of ether oxygens (including phenoxy) is 1. The fourth-order valence-corrected chi connectivity index (χ4v) is 4.26. The topological polar surface area (TPSA) is 36.3 Å². The van der Waals surface area contributed by atoms with Crippen molar-refractivity contribution < 1.29 is 4.74 Å². The van der Waals surface area contributed by atoms with Gasteiger partial charge in [0, 0.05) is 19.3 Å². The van der Waals surface area contributed by atoms with E-state index in [-0.39, 0.29) is 12.0 Å². The van der Waals surface area contributed by atoms with E-state index in [4.69, 9.17) is 10.00 Å². The maximum atomic E-state index is 8.99. The van der Waals surface area contributed by atoms with E-state index in [9.17, 15) is 0 Å². The number of hydrogen-bond donors (Lipinski definition) is 0. The third-order valence-corrected chi connectivity index (χ3v) is 5.53. The van der Waals surface area contributed by atoms with Crippen molar-refractivity contribution >= 4 is 8.80 Å². The number of piperidine rings is 1. The molecule has 0 aromatic rings. The monoisotopic (exact) mass is 212 g/mol. The van der Waals surface area contributed by atoms with Gasteiger partial charge in [-0.25, -0.2) is 0 Å². The fraction of sp³-hybridized carbons (Fsp3) is 0.900. The molecule has 1 rings (SSSR count). The van der Waals surface area contributed by atoms with E-state index < -0.39 is 8.80 Å². The highest BCUT2D eigenvalue weighted by atomic mass is 28.3. The van der Waals surface area contributed by atoms with Crippen LogP contribution in [0.3, 0.4) is 0 Å². The molecule has 4 heteroatoms. The van der Waals surface area contributed by atoms with Gasteiger partial charge >= 0.3 is 0 Å². The molecule has 0 bridgehead atoms. The van der Waals surface area contributed by atoms with Crippen molar-refractivity contribution in [3.05, 3.63) is 0 Å². The highest BCUT2D eigenvalue weighted by Crippen LogP contribution is 2.24. The summed E-state index contributed by atoms with van der Waals surface area (Å²) in [5.74, 6) is 0.0500. The number of hydrogen-bond acceptors (Lipinski definition) is 3. The van der Waals surface area contributed by atoms with Crippen LogP contribution in [-0.2, 0) is 4.74 Å². The normalized spacial score (nSPS) is 34.4. The van der Waals surface area contributed by atoms with Gasteiger partial charge in [-0.1, -0.05) is 13.1 Å². The molecule has 3 unspecified atom stereocenters. The summed E-state index contributed by atoms with van der Waals surface area (Å²) in [6.07, 6.45) is 1.19. The van der Waals surface area contributed by atoms with Gasteiger partial charge in [0.2, 0.25) is 0 Å². The average Bonchev–Trinajstić information content (AvgIpc) is 2.16. The summed E-state index contributed by atoms with van der Waals surface area (Å²) >= 11 is 0. The Balaban J connectivity index is 2.67. The van der Waals surface area contributed by atoms with Crippen molar-refractivity contribution in [1.82, 2.24) is 4.90 Å². The Morgan fingerprint density at radius 1 is 1.50 bits per heavy atom. The van der Waals surface area contributed by atoms with Crippen LogP contribution >= 0.6 is 0 Å². The zero-order valence-electron chi connectivity index (χ0n) is 9.53. The molecule has 1 aliphatic heterocycles. The third-order valence-electron chi connectivity index (χ3n) is 3.21. The van der Waals surface area contributed by atoms with Gasteiger partial charge in [-0.2, -0.15) is 5.26 Å². The van der Waals surface area contributed by atoms with Crippen LogP contribution in [0.2, 0.25) is 13.1 Å². The standard InChI is InChI=1S/C10H20N2OSi/c1-12-7-8(6-11)9(13-2)5-10(12)14(3)4/h8-10,14H,5,7H2,1-4H3. The Morgan fingerprint density at radius 2 is 2.14 bits per heavy atom. The van der Waals surface area contributed by atoms with Crippen LogP contribution in [-0.4, -0.2) is 46.2 Å². The minimum Gasteiger partial charge on any atom is -0.380 e. The van der Waals surface area contributed by atoms with E-state index >= 15 is 0 Å². The lowest BCUT2D eigenvalue weighted by molar-refractivity contribution is 0.0106. The summed E-state index contributed by atoms with van der Waals surface area (Å²) in [5, 5.41) is 8.99. The first-order valence-corrected chi connectivity index (χ1v) is 8.20. The first-order chi connectivity index (χ1) is 6.60. The number of methoxy groups -OCH3 is 1. The van der Waals surface area contributed by atoms with Gasteiger partial charge in [0.15, 0.2) is 0 Å². The number of nitrogens with zero attached hydrogens (tertiary/aromatic N) is 2. The lowest BCUT2D eigenvalue weighted by Gasteiger charge is -2.40. The lowest BCUT2D eigenvalue weighted by Crippen LogP contribution is -2.52. The predicted molar refractivity (Wildman–Crippen MR) is 59.8 cm³/mol. The van der Waals surface area contributed by atoms with Crippen LogP contribution in [0.25, 0.3) is 0 Å². The quantitative estimate of drug-likeness (QED) is 0.637. The molecule has 80 valence electrons. The summed E-state index contributed by atoms with van der Waals surface area (Å²) in [6.45, 7) is 5.59. The smallest absolute Gasteiger partial charge is 0.0852 e. The first-order valence-electron chi connectivity index (χ1n) is 5.22. The zero-order chi connectivity index (χ0) is 10.7. The Kier molecular flexibility index (Phi) is 4.11. The molecule has 0 saturated carbocycles. The Morgan fingerprint density at radius 3 is 2.57 bits per heavy atom. The number of likely N-dealkylation sites (tertiary alicyclic amines) is 1. The van der Waals surface area contributed by atoms with Gasteiger partial charge in [0.1, 0.15) is 0 Å². The molecule has 3 atom stereocenters. The molecular weight excluding hydrogens is 192 g/mol. The van der Waals surface area contributed by atoms with E-state index in [1.54, 1.807) is 7.11 Å². The lowest BCUT2D eigenvalue weighted by atomic mass is 9.96. The van der Waals surface area contributed by atoms with E-state index in [0.29, 0.717) is 5.67 Å². The van der Waals surface area contributed by atoms with Crippen LogP contribution < -0.4 is 0 Å². The van der Waals surface area contributed by atoms with Crippen molar-refractivity contribution in [3.8, 4) is 6.07 Å². The predicted octanol–water partition coefficient (Wildman–Crippen LogP) is 0.871. The molecule has 0 aromatic heterocycles. The molecular formula is C10H20N2OSi. The average molecular weight is 212 g/mol. The molecule has 1 heterocycles. The second-order valence-corrected chi connectivity index (χ2v) is 7.75. The first kappa shape index (κ1) is 11.7. The van der Waals surface area contributed by atoms with E-state index in [1.807, 2.05) is 0 Å². The number of nitriles is 1. The van der Waals surface area contributed by atoms with Gasteiger partial charge < -0.3 is 9.64 Å². The molecule has 0 amide bonds. The van der Waals surface area contributed by atoms with Crippen molar-refractivity contribution in [2.75, 3.05) is 20.7 Å². The zero-order valence-corrected chi connectivity index (χ0v) is 10.7. The summed E-state index contributed by atoms with van der Waals surface area (Å²) in [4.78, 5) is 2.35. The maximum Gasteiger partial charge on any atom is 0.0852 e. The summed E-state index contributed by atoms with van der Waals surface area (Å²) in [6, 6.07) is 2.34. The SMILES string of the molecule is COC1CC([SiH](C)C)N(C)CC1C#N. The molecule has 0 aliphatic carbocycles. The molecule has 0 radical (unpaired) electrons. The van der Waals surface area contributed by atoms with Crippen molar-refractivity contribution in [2.45, 2.75) is 31.3 Å². The van der Waals surface area contributed by atoms with E-state index in [0.717, 1.165) is 13.0 Å².